The first-order valence-corrected chi connectivity index (χ1v) is 5.48. The molecule has 0 heterocycles. The molecule has 2 heteroatoms. The Labute approximate surface area is 91.9 Å². The van der Waals surface area contributed by atoms with Crippen LogP contribution < -0.4 is 0 Å². The lowest BCUT2D eigenvalue weighted by atomic mass is 9.86. The van der Waals surface area contributed by atoms with Crippen LogP contribution in [0.15, 0.2) is 30.3 Å². The molecule has 0 saturated carbocycles. The van der Waals surface area contributed by atoms with E-state index in [1.807, 2.05) is 44.2 Å². The Morgan fingerprint density at radius 1 is 1.20 bits per heavy atom. The average molecular weight is 208 g/mol. The average Bonchev–Trinajstić information content (AvgIpc) is 2.31. The summed E-state index contributed by atoms with van der Waals surface area (Å²) in [7, 11) is 1.65. The Morgan fingerprint density at radius 3 is 2.13 bits per heavy atom. The molecule has 0 bridgehead atoms. The highest BCUT2D eigenvalue weighted by Crippen LogP contribution is 2.34. The molecule has 1 N–H and O–H groups in total. The maximum atomic E-state index is 10.4. The Morgan fingerprint density at radius 2 is 1.73 bits per heavy atom. The van der Waals surface area contributed by atoms with Gasteiger partial charge < -0.3 is 9.84 Å². The molecule has 2 nitrogen and oxygen atoms in total. The zero-order valence-electron chi connectivity index (χ0n) is 9.73. The Bertz CT molecular complexity index is 278. The molecule has 0 aromatic heterocycles. The van der Waals surface area contributed by atoms with E-state index in [9.17, 15) is 5.11 Å². The zero-order chi connectivity index (χ0) is 11.3. The maximum absolute atomic E-state index is 10.4. The maximum Gasteiger partial charge on any atom is 0.111 e. The standard InChI is InChI=1S/C13H20O2/c1-4-13(14,5-2)12(15-3)11-9-7-6-8-10-11/h6-10,12,14H,4-5H2,1-3H3. The lowest BCUT2D eigenvalue weighted by Crippen LogP contribution is -2.36. The lowest BCUT2D eigenvalue weighted by Gasteiger charge is -2.33. The second kappa shape index (κ2) is 5.29. The summed E-state index contributed by atoms with van der Waals surface area (Å²) in [6.07, 6.45) is 1.14. The van der Waals surface area contributed by atoms with Crippen molar-refractivity contribution in [3.63, 3.8) is 0 Å². The molecule has 0 amide bonds. The van der Waals surface area contributed by atoms with Gasteiger partial charge in [-0.05, 0) is 18.4 Å². The topological polar surface area (TPSA) is 29.5 Å². The van der Waals surface area contributed by atoms with Gasteiger partial charge in [0.25, 0.3) is 0 Å². The Hall–Kier alpha value is -0.860. The van der Waals surface area contributed by atoms with Crippen LogP contribution >= 0.6 is 0 Å². The van der Waals surface area contributed by atoms with Crippen LogP contribution in [0.2, 0.25) is 0 Å². The van der Waals surface area contributed by atoms with E-state index in [4.69, 9.17) is 4.74 Å². The smallest absolute Gasteiger partial charge is 0.111 e. The quantitative estimate of drug-likeness (QED) is 0.806. The second-order valence-corrected chi connectivity index (χ2v) is 3.84. The number of aliphatic hydroxyl groups is 1. The van der Waals surface area contributed by atoms with Gasteiger partial charge in [-0.25, -0.2) is 0 Å². The van der Waals surface area contributed by atoms with Gasteiger partial charge in [-0.15, -0.1) is 0 Å². The van der Waals surface area contributed by atoms with Gasteiger partial charge in [0, 0.05) is 7.11 Å². The van der Waals surface area contributed by atoms with Crippen molar-refractivity contribution in [2.24, 2.45) is 0 Å². The molecule has 15 heavy (non-hydrogen) atoms. The summed E-state index contributed by atoms with van der Waals surface area (Å²) in [4.78, 5) is 0. The van der Waals surface area contributed by atoms with Crippen LogP contribution in [-0.4, -0.2) is 17.8 Å². The van der Waals surface area contributed by atoms with E-state index < -0.39 is 5.60 Å². The highest BCUT2D eigenvalue weighted by Gasteiger charge is 2.34. The first-order valence-electron chi connectivity index (χ1n) is 5.48. The van der Waals surface area contributed by atoms with Gasteiger partial charge >= 0.3 is 0 Å². The van der Waals surface area contributed by atoms with Crippen molar-refractivity contribution in [1.29, 1.82) is 0 Å². The van der Waals surface area contributed by atoms with Gasteiger partial charge in [0.05, 0.1) is 5.60 Å². The van der Waals surface area contributed by atoms with Crippen molar-refractivity contribution in [3.8, 4) is 0 Å². The van der Waals surface area contributed by atoms with Gasteiger partial charge in [0.2, 0.25) is 0 Å². The number of methoxy groups -OCH3 is 1. The molecule has 1 aromatic carbocycles. The fourth-order valence-corrected chi connectivity index (χ4v) is 1.91. The predicted octanol–water partition coefficient (Wildman–Crippen LogP) is 2.93. The van der Waals surface area contributed by atoms with Gasteiger partial charge in [-0.1, -0.05) is 44.2 Å². The van der Waals surface area contributed by atoms with E-state index in [0.29, 0.717) is 12.8 Å². The van der Waals surface area contributed by atoms with Crippen LogP contribution in [0, 0.1) is 0 Å². The minimum atomic E-state index is -0.768. The van der Waals surface area contributed by atoms with Gasteiger partial charge in [-0.2, -0.15) is 0 Å². The Balaban J connectivity index is 2.98. The minimum Gasteiger partial charge on any atom is -0.387 e. The molecule has 0 aliphatic heterocycles. The van der Waals surface area contributed by atoms with Crippen LogP contribution in [0.25, 0.3) is 0 Å². The van der Waals surface area contributed by atoms with Gasteiger partial charge in [0.15, 0.2) is 0 Å². The Kier molecular flexibility index (Phi) is 4.30. The molecule has 1 atom stereocenters. The van der Waals surface area contributed by atoms with Crippen molar-refractivity contribution < 1.29 is 9.84 Å². The molecule has 0 radical (unpaired) electrons. The van der Waals surface area contributed by atoms with Crippen LogP contribution in [0.4, 0.5) is 0 Å². The van der Waals surface area contributed by atoms with Gasteiger partial charge in [0.1, 0.15) is 6.10 Å². The van der Waals surface area contributed by atoms with Crippen LogP contribution in [0.1, 0.15) is 38.4 Å². The molecule has 1 unspecified atom stereocenters. The minimum absolute atomic E-state index is 0.242. The third kappa shape index (κ3) is 2.58. The lowest BCUT2D eigenvalue weighted by molar-refractivity contribution is -0.100. The van der Waals surface area contributed by atoms with Crippen molar-refractivity contribution >= 4 is 0 Å². The predicted molar refractivity (Wildman–Crippen MR) is 61.7 cm³/mol. The first-order chi connectivity index (χ1) is 7.18. The van der Waals surface area contributed by atoms with Crippen molar-refractivity contribution in [2.45, 2.75) is 38.4 Å². The van der Waals surface area contributed by atoms with E-state index in [0.717, 1.165) is 5.56 Å². The number of hydrogen-bond acceptors (Lipinski definition) is 2. The summed E-state index contributed by atoms with van der Waals surface area (Å²) >= 11 is 0. The SMILES string of the molecule is CCC(O)(CC)C(OC)c1ccccc1. The highest BCUT2D eigenvalue weighted by atomic mass is 16.5. The summed E-state index contributed by atoms with van der Waals surface area (Å²) in [6.45, 7) is 3.97. The second-order valence-electron chi connectivity index (χ2n) is 3.84. The molecule has 0 aliphatic carbocycles. The van der Waals surface area contributed by atoms with E-state index in [-0.39, 0.29) is 6.10 Å². The molecule has 0 saturated heterocycles. The van der Waals surface area contributed by atoms with E-state index in [1.165, 1.54) is 0 Å². The number of hydrogen-bond donors (Lipinski definition) is 1. The monoisotopic (exact) mass is 208 g/mol. The highest BCUT2D eigenvalue weighted by molar-refractivity contribution is 5.20. The molecule has 1 aromatic rings. The number of benzene rings is 1. The number of rotatable bonds is 5. The van der Waals surface area contributed by atoms with E-state index >= 15 is 0 Å². The number of ether oxygens (including phenoxy) is 1. The third-order valence-electron chi connectivity index (χ3n) is 3.05. The van der Waals surface area contributed by atoms with E-state index in [1.54, 1.807) is 7.11 Å². The summed E-state index contributed by atoms with van der Waals surface area (Å²) in [6, 6.07) is 9.88. The molecular formula is C13H20O2. The van der Waals surface area contributed by atoms with Crippen LogP contribution in [0.5, 0.6) is 0 Å². The first kappa shape index (κ1) is 12.2. The molecule has 84 valence electrons. The van der Waals surface area contributed by atoms with Crippen molar-refractivity contribution in [1.82, 2.24) is 0 Å². The van der Waals surface area contributed by atoms with Crippen molar-refractivity contribution in [2.75, 3.05) is 7.11 Å². The summed E-state index contributed by atoms with van der Waals surface area (Å²) in [5, 5.41) is 10.4. The largest absolute Gasteiger partial charge is 0.387 e. The van der Waals surface area contributed by atoms with Gasteiger partial charge in [-0.3, -0.25) is 0 Å². The fourth-order valence-electron chi connectivity index (χ4n) is 1.91. The fraction of sp³-hybridized carbons (Fsp3) is 0.538. The molecule has 1 rings (SSSR count). The van der Waals surface area contributed by atoms with Crippen LogP contribution in [-0.2, 0) is 4.74 Å². The summed E-state index contributed by atoms with van der Waals surface area (Å²) in [5.74, 6) is 0. The molecule has 0 fully saturated rings. The summed E-state index contributed by atoms with van der Waals surface area (Å²) in [5.41, 5.74) is 0.266. The molecular weight excluding hydrogens is 188 g/mol. The molecule has 0 aliphatic rings. The van der Waals surface area contributed by atoms with Crippen LogP contribution in [0.3, 0.4) is 0 Å². The van der Waals surface area contributed by atoms with E-state index in [2.05, 4.69) is 0 Å². The summed E-state index contributed by atoms with van der Waals surface area (Å²) < 4.78 is 5.43. The molecule has 0 spiro atoms. The third-order valence-corrected chi connectivity index (χ3v) is 3.05. The normalized spacial score (nSPS) is 13.9. The van der Waals surface area contributed by atoms with Crippen molar-refractivity contribution in [3.05, 3.63) is 35.9 Å². The zero-order valence-corrected chi connectivity index (χ0v) is 9.73.